The lowest BCUT2D eigenvalue weighted by Gasteiger charge is -2.29. The molecule has 0 aliphatic carbocycles. The molecule has 0 bridgehead atoms. The van der Waals surface area contributed by atoms with Gasteiger partial charge in [-0.1, -0.05) is 17.7 Å². The fourth-order valence-electron chi connectivity index (χ4n) is 6.18. The Hall–Kier alpha value is -3.69. The van der Waals surface area contributed by atoms with E-state index in [2.05, 4.69) is 45.0 Å². The van der Waals surface area contributed by atoms with Crippen LogP contribution >= 0.6 is 11.6 Å². The van der Waals surface area contributed by atoms with Gasteiger partial charge in [0.1, 0.15) is 10.8 Å². The zero-order chi connectivity index (χ0) is 28.3. The van der Waals surface area contributed by atoms with Crippen LogP contribution in [-0.2, 0) is 14.1 Å². The third-order valence-corrected chi connectivity index (χ3v) is 8.42. The number of nitrogens with one attached hydrogen (secondary N) is 1. The Balaban J connectivity index is 1.50. The van der Waals surface area contributed by atoms with Crippen molar-refractivity contribution in [3.63, 3.8) is 0 Å². The molecule has 1 saturated heterocycles. The predicted molar refractivity (Wildman–Crippen MR) is 161 cm³/mol. The number of nitrogens with zero attached hydrogens (tertiary/aromatic N) is 7. The highest BCUT2D eigenvalue weighted by Gasteiger charge is 2.25. The van der Waals surface area contributed by atoms with E-state index in [1.165, 1.54) is 0 Å². The first-order valence-electron chi connectivity index (χ1n) is 13.7. The Morgan fingerprint density at radius 1 is 1.07 bits per heavy atom. The van der Waals surface area contributed by atoms with Crippen molar-refractivity contribution in [1.29, 1.82) is 0 Å². The summed E-state index contributed by atoms with van der Waals surface area (Å²) in [4.78, 5) is 20.8. The maximum absolute atomic E-state index is 13.8. The second-order valence-corrected chi connectivity index (χ2v) is 11.6. The van der Waals surface area contributed by atoms with Crippen LogP contribution in [-0.4, -0.2) is 54.1 Å². The van der Waals surface area contributed by atoms with Gasteiger partial charge in [0.2, 0.25) is 0 Å². The third-order valence-electron chi connectivity index (χ3n) is 8.21. The molecule has 1 N–H and O–H groups in total. The fraction of sp³-hybridized carbons (Fsp3) is 0.400. The number of piperidine rings is 1. The summed E-state index contributed by atoms with van der Waals surface area (Å²) in [7, 11) is 5.91. The zero-order valence-corrected chi connectivity index (χ0v) is 24.6. The van der Waals surface area contributed by atoms with E-state index in [0.29, 0.717) is 10.5 Å². The fourth-order valence-corrected chi connectivity index (χ4v) is 6.32. The molecule has 6 rings (SSSR count). The number of benzene rings is 1. The number of hydrogen-bond acceptors (Lipinski definition) is 6. The van der Waals surface area contributed by atoms with E-state index in [1.54, 1.807) is 15.3 Å². The SMILES string of the molecule is Cc1cc(C(C)Nc2ccc(Cl)nc2-c2cn(C)nc2C)c2c(c1)c(=O)n(C)c1c2cnn1C1CCN(C)CC1. The van der Waals surface area contributed by atoms with Crippen LogP contribution in [0.4, 0.5) is 5.69 Å². The van der Waals surface area contributed by atoms with Gasteiger partial charge in [-0.25, -0.2) is 9.67 Å². The molecule has 0 radical (unpaired) electrons. The molecule has 1 atom stereocenters. The quantitative estimate of drug-likeness (QED) is 0.291. The number of aromatic nitrogens is 6. The molecule has 0 spiro atoms. The highest BCUT2D eigenvalue weighted by atomic mass is 35.5. The van der Waals surface area contributed by atoms with Gasteiger partial charge in [-0.3, -0.25) is 14.0 Å². The summed E-state index contributed by atoms with van der Waals surface area (Å²) in [5, 5.41) is 16.1. The van der Waals surface area contributed by atoms with E-state index in [-0.39, 0.29) is 17.6 Å². The minimum atomic E-state index is -0.136. The van der Waals surface area contributed by atoms with Crippen molar-refractivity contribution in [2.75, 3.05) is 25.5 Å². The number of likely N-dealkylation sites (tertiary alicyclic amines) is 1. The number of anilines is 1. The van der Waals surface area contributed by atoms with E-state index < -0.39 is 0 Å². The van der Waals surface area contributed by atoms with E-state index >= 15 is 0 Å². The van der Waals surface area contributed by atoms with E-state index in [0.717, 1.165) is 76.1 Å². The van der Waals surface area contributed by atoms with Gasteiger partial charge in [-0.15, -0.1) is 0 Å². The molecule has 0 amide bonds. The Morgan fingerprint density at radius 2 is 1.82 bits per heavy atom. The summed E-state index contributed by atoms with van der Waals surface area (Å²) in [6, 6.07) is 8.05. The highest BCUT2D eigenvalue weighted by molar-refractivity contribution is 6.29. The Bertz CT molecular complexity index is 1810. The summed E-state index contributed by atoms with van der Waals surface area (Å²) in [5.74, 6) is 0. The van der Waals surface area contributed by atoms with Crippen LogP contribution in [0.5, 0.6) is 0 Å². The maximum atomic E-state index is 13.8. The Morgan fingerprint density at radius 3 is 2.52 bits per heavy atom. The minimum Gasteiger partial charge on any atom is -0.377 e. The molecule has 1 aliphatic heterocycles. The average molecular weight is 559 g/mol. The lowest BCUT2D eigenvalue weighted by molar-refractivity contribution is 0.214. The molecule has 208 valence electrons. The number of fused-ring (bicyclic) bond motifs is 3. The smallest absolute Gasteiger partial charge is 0.259 e. The van der Waals surface area contributed by atoms with Crippen molar-refractivity contribution < 1.29 is 0 Å². The second kappa shape index (κ2) is 10.1. The number of pyridine rings is 2. The van der Waals surface area contributed by atoms with Crippen LogP contribution in [0.15, 0.2) is 41.5 Å². The summed E-state index contributed by atoms with van der Waals surface area (Å²) >= 11 is 6.34. The molecule has 1 aromatic carbocycles. The van der Waals surface area contributed by atoms with Crippen molar-refractivity contribution in [3.8, 4) is 11.3 Å². The monoisotopic (exact) mass is 558 g/mol. The largest absolute Gasteiger partial charge is 0.377 e. The topological polar surface area (TPSA) is 85.8 Å². The summed E-state index contributed by atoms with van der Waals surface area (Å²) in [5.41, 5.74) is 6.35. The van der Waals surface area contributed by atoms with Crippen LogP contribution in [0.25, 0.3) is 33.1 Å². The highest BCUT2D eigenvalue weighted by Crippen LogP contribution is 2.36. The molecular formula is C30H35ClN8O. The Labute approximate surface area is 238 Å². The number of hydrogen-bond donors (Lipinski definition) is 1. The number of rotatable bonds is 5. The minimum absolute atomic E-state index is 0.00541. The predicted octanol–water partition coefficient (Wildman–Crippen LogP) is 5.39. The average Bonchev–Trinajstić information content (AvgIpc) is 3.51. The van der Waals surface area contributed by atoms with Gasteiger partial charge in [-0.05, 0) is 83.1 Å². The van der Waals surface area contributed by atoms with E-state index in [4.69, 9.17) is 16.7 Å². The molecule has 5 heterocycles. The summed E-state index contributed by atoms with van der Waals surface area (Å²) in [6.07, 6.45) is 5.92. The first-order valence-corrected chi connectivity index (χ1v) is 14.1. The van der Waals surface area contributed by atoms with Crippen molar-refractivity contribution in [2.24, 2.45) is 14.1 Å². The molecule has 4 aromatic heterocycles. The van der Waals surface area contributed by atoms with Gasteiger partial charge in [0, 0.05) is 48.1 Å². The van der Waals surface area contributed by atoms with Crippen LogP contribution in [0.2, 0.25) is 5.15 Å². The van der Waals surface area contributed by atoms with Gasteiger partial charge in [0.25, 0.3) is 5.56 Å². The summed E-state index contributed by atoms with van der Waals surface area (Å²) < 4.78 is 5.64. The van der Waals surface area contributed by atoms with Crippen molar-refractivity contribution in [3.05, 3.63) is 69.0 Å². The molecule has 1 fully saturated rings. The molecule has 1 aliphatic rings. The number of aryl methyl sites for hydroxylation is 4. The van der Waals surface area contributed by atoms with Crippen molar-refractivity contribution >= 4 is 39.1 Å². The first-order chi connectivity index (χ1) is 19.1. The van der Waals surface area contributed by atoms with Gasteiger partial charge < -0.3 is 10.2 Å². The first kappa shape index (κ1) is 26.5. The van der Waals surface area contributed by atoms with Gasteiger partial charge in [0.05, 0.1) is 29.3 Å². The molecule has 0 saturated carbocycles. The molecule has 9 nitrogen and oxygen atoms in total. The van der Waals surface area contributed by atoms with Gasteiger partial charge >= 0.3 is 0 Å². The molecule has 5 aromatic rings. The maximum Gasteiger partial charge on any atom is 0.259 e. The Kier molecular flexibility index (Phi) is 6.67. The third kappa shape index (κ3) is 4.47. The molecule has 1 unspecified atom stereocenters. The normalized spacial score (nSPS) is 15.8. The second-order valence-electron chi connectivity index (χ2n) is 11.2. The zero-order valence-electron chi connectivity index (χ0n) is 23.9. The molecule has 10 heteroatoms. The lowest BCUT2D eigenvalue weighted by Crippen LogP contribution is -2.32. The standard InChI is InChI=1S/C30H35ClN8O/c1-17-13-21(18(2)33-25-7-8-26(31)34-28(25)24-16-37(5)35-19(24)3)27-22(14-17)30(40)38(6)29-23(27)15-32-39(29)20-9-11-36(4)12-10-20/h7-8,13-16,18,20,33H,9-12H2,1-6H3. The van der Waals surface area contributed by atoms with Gasteiger partial charge in [0.15, 0.2) is 0 Å². The van der Waals surface area contributed by atoms with Crippen LogP contribution in [0.1, 0.15) is 48.7 Å². The molecule has 40 heavy (non-hydrogen) atoms. The summed E-state index contributed by atoms with van der Waals surface area (Å²) in [6.45, 7) is 8.16. The van der Waals surface area contributed by atoms with E-state index in [1.807, 2.05) is 52.5 Å². The van der Waals surface area contributed by atoms with E-state index in [9.17, 15) is 4.79 Å². The van der Waals surface area contributed by atoms with Crippen LogP contribution in [0, 0.1) is 13.8 Å². The van der Waals surface area contributed by atoms with Crippen molar-refractivity contribution in [2.45, 2.75) is 45.7 Å². The van der Waals surface area contributed by atoms with Gasteiger partial charge in [-0.2, -0.15) is 10.2 Å². The van der Waals surface area contributed by atoms with Crippen LogP contribution < -0.4 is 10.9 Å². The lowest BCUT2D eigenvalue weighted by atomic mass is 9.95. The van der Waals surface area contributed by atoms with Crippen molar-refractivity contribution in [1.82, 2.24) is 34.0 Å². The van der Waals surface area contributed by atoms with Crippen LogP contribution in [0.3, 0.4) is 0 Å². The molecular weight excluding hydrogens is 524 g/mol. The number of halogens is 1.